The van der Waals surface area contributed by atoms with Crippen molar-refractivity contribution in [3.05, 3.63) is 35.7 Å². The number of aromatic nitrogens is 1. The van der Waals surface area contributed by atoms with Gasteiger partial charge in [-0.15, -0.1) is 0 Å². The molecular weight excluding hydrogens is 540 g/mol. The fraction of sp³-hybridized carbons (Fsp3) is 0.750. The predicted molar refractivity (Wildman–Crippen MR) is 165 cm³/mol. The van der Waals surface area contributed by atoms with Gasteiger partial charge in [0, 0.05) is 18.5 Å². The predicted octanol–water partition coefficient (Wildman–Crippen LogP) is 6.41. The van der Waals surface area contributed by atoms with Gasteiger partial charge in [0.05, 0.1) is 36.6 Å². The molecule has 5 aliphatic rings. The molecule has 7 nitrogen and oxygen atoms in total. The first-order valence-electron chi connectivity index (χ1n) is 16.8. The van der Waals surface area contributed by atoms with Gasteiger partial charge < -0.3 is 19.4 Å². The summed E-state index contributed by atoms with van der Waals surface area (Å²) in [6, 6.07) is 3.95. The molecule has 0 radical (unpaired) electrons. The highest BCUT2D eigenvalue weighted by Gasteiger charge is 2.86. The van der Waals surface area contributed by atoms with Crippen molar-refractivity contribution >= 4 is 12.3 Å². The number of aldehydes is 1. The van der Waals surface area contributed by atoms with E-state index in [0.29, 0.717) is 30.7 Å². The SMILES string of the molecule is CCCCC1CC(C23C[C@@H]4[C@H](C)CC[C@H]4C4(C=O)CC2C=C(C(C)C)C34C(=O)O)OC1CN(C)Cc1ccc(OC)cn1. The molecule has 7 heteroatoms. The van der Waals surface area contributed by atoms with Crippen molar-refractivity contribution in [1.82, 2.24) is 9.88 Å². The molecule has 1 aliphatic heterocycles. The average Bonchev–Trinajstić information content (AvgIpc) is 3.69. The Labute approximate surface area is 257 Å². The standard InChI is InChI=1S/C36H52N2O5/c1-7-8-9-24-14-32(43-31(24)20-38(5)19-26-11-12-27(42-6)18-37-26)35-17-28-23(4)10-13-29(28)34(21-39)16-25(35)15-30(22(2)3)36(34,35)33(40)41/h11-12,15,18,21-25,28-29,31-32H,7-10,13-14,16-17,19-20H2,1-6H3,(H,40,41)/t23-,24?,25?,28-,29-,31?,32?,34?,35?,36?/m1/s1. The number of methoxy groups -OCH3 is 1. The molecule has 7 unspecified atom stereocenters. The highest BCUT2D eigenvalue weighted by Crippen LogP contribution is 2.84. The van der Waals surface area contributed by atoms with Gasteiger partial charge in [-0.25, -0.2) is 0 Å². The third-order valence-corrected chi connectivity index (χ3v) is 12.8. The molecule has 4 fully saturated rings. The third-order valence-electron chi connectivity index (χ3n) is 12.8. The Bertz CT molecular complexity index is 1250. The Hall–Kier alpha value is -2.25. The number of ether oxygens (including phenoxy) is 2. The summed E-state index contributed by atoms with van der Waals surface area (Å²) in [6.45, 7) is 10.3. The van der Waals surface area contributed by atoms with Crippen LogP contribution in [0.3, 0.4) is 0 Å². The lowest BCUT2D eigenvalue weighted by atomic mass is 9.41. The third kappa shape index (κ3) is 4.23. The minimum Gasteiger partial charge on any atom is -0.495 e. The second kappa shape index (κ2) is 11.3. The average molecular weight is 593 g/mol. The Balaban J connectivity index is 1.36. The van der Waals surface area contributed by atoms with Crippen molar-refractivity contribution in [3.63, 3.8) is 0 Å². The number of unbranched alkanes of at least 4 members (excludes halogenated alkanes) is 1. The van der Waals surface area contributed by atoms with E-state index in [9.17, 15) is 14.7 Å². The van der Waals surface area contributed by atoms with Gasteiger partial charge in [-0.05, 0) is 86.8 Å². The number of rotatable bonds is 12. The molecule has 43 heavy (non-hydrogen) atoms. The fourth-order valence-electron chi connectivity index (χ4n) is 11.2. The molecule has 236 valence electrons. The zero-order valence-corrected chi connectivity index (χ0v) is 27.1. The Kier molecular flexibility index (Phi) is 8.07. The largest absolute Gasteiger partial charge is 0.495 e. The van der Waals surface area contributed by atoms with Gasteiger partial charge in [0.1, 0.15) is 17.5 Å². The summed E-state index contributed by atoms with van der Waals surface area (Å²) >= 11 is 0. The van der Waals surface area contributed by atoms with Crippen molar-refractivity contribution in [2.24, 2.45) is 51.8 Å². The number of carbonyl (C=O) groups excluding carboxylic acids is 1. The first-order chi connectivity index (χ1) is 20.6. The van der Waals surface area contributed by atoms with Gasteiger partial charge in [0.2, 0.25) is 0 Å². The molecule has 0 aromatic carbocycles. The maximum Gasteiger partial charge on any atom is 0.315 e. The monoisotopic (exact) mass is 592 g/mol. The summed E-state index contributed by atoms with van der Waals surface area (Å²) in [5.74, 6) is 1.51. The van der Waals surface area contributed by atoms with Crippen molar-refractivity contribution in [3.8, 4) is 5.75 Å². The lowest BCUT2D eigenvalue weighted by Crippen LogP contribution is -2.65. The summed E-state index contributed by atoms with van der Waals surface area (Å²) in [4.78, 5) is 34.3. The van der Waals surface area contributed by atoms with E-state index in [0.717, 1.165) is 74.8 Å². The molecule has 10 atom stereocenters. The topological polar surface area (TPSA) is 89.0 Å². The molecule has 0 spiro atoms. The van der Waals surface area contributed by atoms with Crippen molar-refractivity contribution in [1.29, 1.82) is 0 Å². The normalized spacial score (nSPS) is 41.1. The molecule has 1 aromatic heterocycles. The number of hydrogen-bond acceptors (Lipinski definition) is 6. The van der Waals surface area contributed by atoms with E-state index in [1.54, 1.807) is 13.3 Å². The van der Waals surface area contributed by atoms with E-state index >= 15 is 0 Å². The number of likely N-dealkylation sites (N-methyl/N-ethyl adjacent to an activating group) is 1. The van der Waals surface area contributed by atoms with Crippen LogP contribution in [0.4, 0.5) is 0 Å². The molecule has 6 rings (SSSR count). The van der Waals surface area contributed by atoms with Crippen LogP contribution in [0.5, 0.6) is 5.75 Å². The smallest absolute Gasteiger partial charge is 0.315 e. The van der Waals surface area contributed by atoms with Crippen LogP contribution in [0.15, 0.2) is 30.0 Å². The molecule has 3 saturated carbocycles. The van der Waals surface area contributed by atoms with Gasteiger partial charge in [0.15, 0.2) is 0 Å². The van der Waals surface area contributed by atoms with Crippen molar-refractivity contribution in [2.45, 2.75) is 97.8 Å². The second-order valence-corrected chi connectivity index (χ2v) is 15.1. The van der Waals surface area contributed by atoms with Gasteiger partial charge in [-0.3, -0.25) is 14.7 Å². The number of carboxylic acid groups (broad SMARTS) is 1. The van der Waals surface area contributed by atoms with Gasteiger partial charge in [-0.1, -0.05) is 58.6 Å². The van der Waals surface area contributed by atoms with Crippen molar-refractivity contribution < 1.29 is 24.2 Å². The minimum atomic E-state index is -1.18. The molecule has 1 saturated heterocycles. The van der Waals surface area contributed by atoms with Crippen LogP contribution < -0.4 is 4.74 Å². The molecule has 2 heterocycles. The summed E-state index contributed by atoms with van der Waals surface area (Å²) in [5, 5.41) is 11.5. The number of fused-ring (bicyclic) bond motifs is 2. The number of pyridine rings is 1. The maximum atomic E-state index is 14.0. The number of aliphatic carboxylic acids is 1. The highest BCUT2D eigenvalue weighted by molar-refractivity contribution is 5.90. The van der Waals surface area contributed by atoms with E-state index in [1.165, 1.54) is 0 Å². The van der Waals surface area contributed by atoms with Gasteiger partial charge >= 0.3 is 5.97 Å². The zero-order valence-electron chi connectivity index (χ0n) is 27.1. The van der Waals surface area contributed by atoms with E-state index < -0.39 is 22.2 Å². The Morgan fingerprint density at radius 3 is 2.70 bits per heavy atom. The lowest BCUT2D eigenvalue weighted by Gasteiger charge is -2.60. The number of nitrogens with zero attached hydrogens (tertiary/aromatic N) is 2. The van der Waals surface area contributed by atoms with Crippen LogP contribution in [-0.2, 0) is 20.9 Å². The van der Waals surface area contributed by atoms with Gasteiger partial charge in [-0.2, -0.15) is 0 Å². The first kappa shape index (κ1) is 30.8. The summed E-state index contributed by atoms with van der Waals surface area (Å²) in [5.41, 5.74) is -0.618. The fourth-order valence-corrected chi connectivity index (χ4v) is 11.2. The molecule has 4 aliphatic carbocycles. The summed E-state index contributed by atoms with van der Waals surface area (Å²) in [6.07, 6.45) is 12.9. The number of carbonyl (C=O) groups is 2. The van der Waals surface area contributed by atoms with Gasteiger partial charge in [0.25, 0.3) is 0 Å². The highest BCUT2D eigenvalue weighted by atomic mass is 16.5. The lowest BCUT2D eigenvalue weighted by molar-refractivity contribution is -0.197. The Morgan fingerprint density at radius 2 is 2.07 bits per heavy atom. The second-order valence-electron chi connectivity index (χ2n) is 15.1. The zero-order chi connectivity index (χ0) is 30.7. The molecular formula is C36H52N2O5. The molecule has 4 bridgehead atoms. The first-order valence-corrected chi connectivity index (χ1v) is 16.8. The Morgan fingerprint density at radius 1 is 1.28 bits per heavy atom. The van der Waals surface area contributed by atoms with Crippen LogP contribution in [0.25, 0.3) is 0 Å². The number of hydrogen-bond donors (Lipinski definition) is 1. The molecule has 0 amide bonds. The van der Waals surface area contributed by atoms with E-state index in [1.807, 2.05) is 12.1 Å². The number of carboxylic acids is 1. The molecule has 1 aromatic rings. The van der Waals surface area contributed by atoms with Crippen LogP contribution in [0.1, 0.15) is 84.8 Å². The maximum absolute atomic E-state index is 14.0. The van der Waals surface area contributed by atoms with E-state index in [-0.39, 0.29) is 30.0 Å². The molecule has 1 N–H and O–H groups in total. The van der Waals surface area contributed by atoms with E-state index in [2.05, 4.69) is 50.7 Å². The summed E-state index contributed by atoms with van der Waals surface area (Å²) < 4.78 is 12.5. The minimum absolute atomic E-state index is 0.0203. The summed E-state index contributed by atoms with van der Waals surface area (Å²) in [7, 11) is 3.77. The van der Waals surface area contributed by atoms with Crippen LogP contribution >= 0.6 is 0 Å². The van der Waals surface area contributed by atoms with Crippen molar-refractivity contribution in [2.75, 3.05) is 20.7 Å². The quantitative estimate of drug-likeness (QED) is 0.222. The number of allylic oxidation sites excluding steroid dienone is 1. The van der Waals surface area contributed by atoms with Crippen LogP contribution in [-0.4, -0.2) is 60.2 Å². The van der Waals surface area contributed by atoms with Crippen LogP contribution in [0.2, 0.25) is 0 Å². The van der Waals surface area contributed by atoms with E-state index in [4.69, 9.17) is 9.47 Å². The van der Waals surface area contributed by atoms with Crippen LogP contribution in [0, 0.1) is 51.8 Å².